The smallest absolute Gasteiger partial charge is 0.198 e. The summed E-state index contributed by atoms with van der Waals surface area (Å²) >= 11 is 0. The number of benzene rings is 2. The first kappa shape index (κ1) is 13.0. The molecule has 0 saturated heterocycles. The second-order valence-corrected chi connectivity index (χ2v) is 5.80. The Bertz CT molecular complexity index is 786. The molecule has 1 aliphatic rings. The number of hydrogen-bond acceptors (Lipinski definition) is 2. The van der Waals surface area contributed by atoms with Gasteiger partial charge in [-0.15, -0.1) is 0 Å². The third kappa shape index (κ3) is 1.98. The van der Waals surface area contributed by atoms with E-state index in [1.807, 2.05) is 42.5 Å². The highest BCUT2D eigenvalue weighted by atomic mass is 16.3. The fraction of sp³-hybridized carbons (Fsp3) is 0.158. The van der Waals surface area contributed by atoms with E-state index >= 15 is 0 Å². The minimum Gasteiger partial charge on any atom is -0.494 e. The standard InChI is InChI=1S/C19H17NO2/c21-18-16-10-14-8-4-5-9-15(14)11-17(16)19(22)20(18)12-13-6-2-1-3-7-13/h1-9,21-22H,10-12H2. The molecule has 3 nitrogen and oxygen atoms in total. The molecule has 0 spiro atoms. The van der Waals surface area contributed by atoms with Crippen LogP contribution in [0.3, 0.4) is 0 Å². The van der Waals surface area contributed by atoms with Gasteiger partial charge in [0.2, 0.25) is 0 Å². The lowest BCUT2D eigenvalue weighted by Crippen LogP contribution is -2.04. The van der Waals surface area contributed by atoms with Gasteiger partial charge < -0.3 is 10.2 Å². The van der Waals surface area contributed by atoms with Gasteiger partial charge in [-0.25, -0.2) is 0 Å². The van der Waals surface area contributed by atoms with Gasteiger partial charge in [-0.2, -0.15) is 0 Å². The summed E-state index contributed by atoms with van der Waals surface area (Å²) in [6.45, 7) is 0.474. The van der Waals surface area contributed by atoms with Crippen LogP contribution in [0.5, 0.6) is 11.8 Å². The first-order chi connectivity index (χ1) is 10.7. The van der Waals surface area contributed by atoms with Crippen molar-refractivity contribution in [2.75, 3.05) is 0 Å². The molecule has 0 radical (unpaired) electrons. The molecule has 22 heavy (non-hydrogen) atoms. The maximum absolute atomic E-state index is 10.5. The molecule has 1 heterocycles. The number of hydrogen-bond donors (Lipinski definition) is 2. The minimum atomic E-state index is 0.186. The summed E-state index contributed by atoms with van der Waals surface area (Å²) in [7, 11) is 0. The van der Waals surface area contributed by atoms with Crippen LogP contribution in [0, 0.1) is 0 Å². The largest absolute Gasteiger partial charge is 0.494 e. The Morgan fingerprint density at radius 1 is 0.727 bits per heavy atom. The fourth-order valence-corrected chi connectivity index (χ4v) is 3.27. The van der Waals surface area contributed by atoms with Crippen LogP contribution in [0.4, 0.5) is 0 Å². The molecule has 2 N–H and O–H groups in total. The number of aromatic hydroxyl groups is 2. The van der Waals surface area contributed by atoms with Gasteiger partial charge in [-0.05, 0) is 16.7 Å². The van der Waals surface area contributed by atoms with Gasteiger partial charge in [0, 0.05) is 24.0 Å². The molecule has 110 valence electrons. The Hall–Kier alpha value is -2.68. The topological polar surface area (TPSA) is 45.4 Å². The zero-order chi connectivity index (χ0) is 15.1. The molecule has 0 fully saturated rings. The SMILES string of the molecule is Oc1c2c(c(O)n1Cc1ccccc1)Cc1ccccc1C2. The Balaban J connectivity index is 1.76. The number of nitrogens with zero attached hydrogens (tertiary/aromatic N) is 1. The summed E-state index contributed by atoms with van der Waals surface area (Å²) in [6, 6.07) is 18.1. The van der Waals surface area contributed by atoms with Crippen molar-refractivity contribution in [3.05, 3.63) is 82.4 Å². The van der Waals surface area contributed by atoms with Gasteiger partial charge in [-0.3, -0.25) is 4.57 Å². The predicted octanol–water partition coefficient (Wildman–Crippen LogP) is 3.44. The normalized spacial score (nSPS) is 12.7. The van der Waals surface area contributed by atoms with Crippen LogP contribution in [0.25, 0.3) is 0 Å². The summed E-state index contributed by atoms with van der Waals surface area (Å²) in [5.74, 6) is 0.372. The van der Waals surface area contributed by atoms with E-state index in [1.54, 1.807) is 4.57 Å². The highest BCUT2D eigenvalue weighted by Gasteiger charge is 2.26. The molecule has 1 aromatic heterocycles. The summed E-state index contributed by atoms with van der Waals surface area (Å²) in [5, 5.41) is 21.1. The highest BCUT2D eigenvalue weighted by Crippen LogP contribution is 2.40. The van der Waals surface area contributed by atoms with Crippen LogP contribution < -0.4 is 0 Å². The zero-order valence-corrected chi connectivity index (χ0v) is 12.2. The summed E-state index contributed by atoms with van der Waals surface area (Å²) < 4.78 is 1.60. The van der Waals surface area contributed by atoms with E-state index in [9.17, 15) is 10.2 Å². The number of rotatable bonds is 2. The van der Waals surface area contributed by atoms with Crippen LogP contribution in [-0.4, -0.2) is 14.8 Å². The molecule has 4 rings (SSSR count). The van der Waals surface area contributed by atoms with Gasteiger partial charge in [-0.1, -0.05) is 54.6 Å². The zero-order valence-electron chi connectivity index (χ0n) is 12.2. The van der Waals surface area contributed by atoms with Crippen LogP contribution in [0.1, 0.15) is 27.8 Å². The molecule has 1 aliphatic carbocycles. The van der Waals surface area contributed by atoms with Crippen molar-refractivity contribution < 1.29 is 10.2 Å². The number of fused-ring (bicyclic) bond motifs is 2. The van der Waals surface area contributed by atoms with Crippen molar-refractivity contribution in [1.29, 1.82) is 0 Å². The van der Waals surface area contributed by atoms with Gasteiger partial charge in [0.05, 0.1) is 6.54 Å². The fourth-order valence-electron chi connectivity index (χ4n) is 3.27. The van der Waals surface area contributed by atoms with Crippen molar-refractivity contribution in [3.8, 4) is 11.8 Å². The molecular formula is C19H17NO2. The molecule has 0 aliphatic heterocycles. The average Bonchev–Trinajstić information content (AvgIpc) is 2.79. The van der Waals surface area contributed by atoms with Gasteiger partial charge >= 0.3 is 0 Å². The molecular weight excluding hydrogens is 274 g/mol. The summed E-state index contributed by atoms with van der Waals surface area (Å²) in [4.78, 5) is 0. The van der Waals surface area contributed by atoms with E-state index in [-0.39, 0.29) is 11.8 Å². The molecule has 0 saturated carbocycles. The summed E-state index contributed by atoms with van der Waals surface area (Å²) in [6.07, 6.45) is 1.35. The van der Waals surface area contributed by atoms with E-state index in [4.69, 9.17) is 0 Å². The molecule has 3 heteroatoms. The molecule has 0 unspecified atom stereocenters. The predicted molar refractivity (Wildman–Crippen MR) is 85.4 cm³/mol. The second kappa shape index (κ2) is 4.95. The van der Waals surface area contributed by atoms with Gasteiger partial charge in [0.25, 0.3) is 0 Å². The van der Waals surface area contributed by atoms with E-state index < -0.39 is 0 Å². The minimum absolute atomic E-state index is 0.186. The van der Waals surface area contributed by atoms with E-state index in [2.05, 4.69) is 12.1 Å². The van der Waals surface area contributed by atoms with Crippen molar-refractivity contribution >= 4 is 0 Å². The Morgan fingerprint density at radius 3 is 1.77 bits per heavy atom. The maximum atomic E-state index is 10.5. The summed E-state index contributed by atoms with van der Waals surface area (Å²) in [5.41, 5.74) is 5.21. The van der Waals surface area contributed by atoms with Crippen LogP contribution >= 0.6 is 0 Å². The van der Waals surface area contributed by atoms with Crippen LogP contribution in [0.2, 0.25) is 0 Å². The lowest BCUT2D eigenvalue weighted by molar-refractivity contribution is 0.374. The molecule has 0 amide bonds. The Labute approximate surface area is 129 Å². The van der Waals surface area contributed by atoms with E-state index in [0.717, 1.165) is 16.7 Å². The monoisotopic (exact) mass is 291 g/mol. The third-order valence-corrected chi connectivity index (χ3v) is 4.45. The van der Waals surface area contributed by atoms with Crippen LogP contribution in [-0.2, 0) is 19.4 Å². The molecule has 0 atom stereocenters. The van der Waals surface area contributed by atoms with E-state index in [0.29, 0.717) is 19.4 Å². The van der Waals surface area contributed by atoms with Gasteiger partial charge in [0.15, 0.2) is 11.8 Å². The third-order valence-electron chi connectivity index (χ3n) is 4.45. The van der Waals surface area contributed by atoms with Crippen LogP contribution in [0.15, 0.2) is 54.6 Å². The van der Waals surface area contributed by atoms with Crippen molar-refractivity contribution in [3.63, 3.8) is 0 Å². The first-order valence-electron chi connectivity index (χ1n) is 7.47. The lowest BCUT2D eigenvalue weighted by atomic mass is 9.88. The maximum Gasteiger partial charge on any atom is 0.198 e. The molecule has 3 aromatic rings. The quantitative estimate of drug-likeness (QED) is 0.594. The van der Waals surface area contributed by atoms with Crippen molar-refractivity contribution in [2.45, 2.75) is 19.4 Å². The Morgan fingerprint density at radius 2 is 1.23 bits per heavy atom. The van der Waals surface area contributed by atoms with Gasteiger partial charge in [0.1, 0.15) is 0 Å². The molecule has 2 aromatic carbocycles. The Kier molecular flexibility index (Phi) is 2.93. The van der Waals surface area contributed by atoms with E-state index in [1.165, 1.54) is 11.1 Å². The average molecular weight is 291 g/mol. The first-order valence-corrected chi connectivity index (χ1v) is 7.47. The lowest BCUT2D eigenvalue weighted by Gasteiger charge is -2.15. The van der Waals surface area contributed by atoms with Crippen molar-refractivity contribution in [2.24, 2.45) is 0 Å². The highest BCUT2D eigenvalue weighted by molar-refractivity contribution is 5.55. The van der Waals surface area contributed by atoms with Crippen molar-refractivity contribution in [1.82, 2.24) is 4.57 Å². The second-order valence-electron chi connectivity index (χ2n) is 5.80. The molecule has 0 bridgehead atoms. The number of aromatic nitrogens is 1.